The van der Waals surface area contributed by atoms with Crippen LogP contribution in [0.5, 0.6) is 0 Å². The number of hydrogen-bond acceptors (Lipinski definition) is 6. The maximum Gasteiger partial charge on any atom is 0.394 e. The minimum absolute atomic E-state index is 0.113. The first-order valence-corrected chi connectivity index (χ1v) is 6.57. The molecule has 0 saturated heterocycles. The highest BCUT2D eigenvalue weighted by atomic mass is 32.3. The average molecular weight is 287 g/mol. The van der Waals surface area contributed by atoms with E-state index in [1.165, 1.54) is 0 Å². The van der Waals surface area contributed by atoms with E-state index in [0.717, 1.165) is 6.54 Å². The van der Waals surface area contributed by atoms with Crippen molar-refractivity contribution < 1.29 is 32.5 Å². The van der Waals surface area contributed by atoms with Crippen molar-refractivity contribution in [2.24, 2.45) is 0 Å². The molecule has 4 N–H and O–H groups in total. The van der Waals surface area contributed by atoms with Crippen LogP contribution in [0.3, 0.4) is 0 Å². The Morgan fingerprint density at radius 3 is 1.89 bits per heavy atom. The number of aliphatic hydroxyl groups excluding tert-OH is 2. The maximum atomic E-state index is 8.74. The summed E-state index contributed by atoms with van der Waals surface area (Å²) in [6, 6.07) is 0. The Morgan fingerprint density at radius 1 is 1.11 bits per heavy atom. The lowest BCUT2D eigenvalue weighted by atomic mass is 10.4. The van der Waals surface area contributed by atoms with Crippen molar-refractivity contribution in [3.05, 3.63) is 12.7 Å². The first-order valence-electron chi connectivity index (χ1n) is 5.17. The molecule has 0 aromatic rings. The Kier molecular flexibility index (Phi) is 14.2. The van der Waals surface area contributed by atoms with Gasteiger partial charge in [0, 0.05) is 19.6 Å². The van der Waals surface area contributed by atoms with Crippen molar-refractivity contribution in [3.63, 3.8) is 0 Å². The lowest BCUT2D eigenvalue weighted by Gasteiger charge is -2.19. The summed E-state index contributed by atoms with van der Waals surface area (Å²) in [5.41, 5.74) is 0. The van der Waals surface area contributed by atoms with Gasteiger partial charge in [-0.25, -0.2) is 0 Å². The number of aliphatic hydroxyl groups is 2. The molecule has 110 valence electrons. The zero-order valence-electron chi connectivity index (χ0n) is 10.1. The summed E-state index contributed by atoms with van der Waals surface area (Å²) in [6.07, 6.45) is 1.70. The van der Waals surface area contributed by atoms with E-state index in [-0.39, 0.29) is 13.2 Å². The van der Waals surface area contributed by atoms with Crippen molar-refractivity contribution in [1.29, 1.82) is 0 Å². The van der Waals surface area contributed by atoms with Crippen LogP contribution in [-0.2, 0) is 15.1 Å². The molecule has 0 unspecified atom stereocenters. The molecule has 8 nitrogen and oxygen atoms in total. The van der Waals surface area contributed by atoms with E-state index in [9.17, 15) is 0 Å². The zero-order valence-corrected chi connectivity index (χ0v) is 10.9. The predicted octanol–water partition coefficient (Wildman–Crippen LogP) is -1.18. The third-order valence-corrected chi connectivity index (χ3v) is 1.62. The van der Waals surface area contributed by atoms with E-state index in [1.807, 2.05) is 4.90 Å². The quantitative estimate of drug-likeness (QED) is 0.237. The van der Waals surface area contributed by atoms with Gasteiger partial charge in [-0.05, 0) is 0 Å². The monoisotopic (exact) mass is 287 g/mol. The van der Waals surface area contributed by atoms with Gasteiger partial charge in [-0.15, -0.1) is 6.58 Å². The standard InChI is InChI=1S/C9H19NO3.H2O4S/c1-2-8-13-9-5-10(3-6-11)4-7-12;1-5(2,3)4/h2,11-12H,1,3-9H2;(H2,1,2,3,4). The second-order valence-corrected chi connectivity index (χ2v) is 4.00. The second-order valence-electron chi connectivity index (χ2n) is 3.10. The molecule has 0 aliphatic carbocycles. The summed E-state index contributed by atoms with van der Waals surface area (Å²) < 4.78 is 36.8. The molecule has 0 aromatic carbocycles. The number of ether oxygens (including phenoxy) is 1. The number of rotatable bonds is 9. The van der Waals surface area contributed by atoms with E-state index in [0.29, 0.717) is 26.3 Å². The Bertz CT molecular complexity index is 267. The van der Waals surface area contributed by atoms with Gasteiger partial charge >= 0.3 is 10.4 Å². The Hall–Kier alpha value is -0.550. The molecule has 0 saturated carbocycles. The van der Waals surface area contributed by atoms with Gasteiger partial charge in [-0.3, -0.25) is 14.0 Å². The molecule has 0 bridgehead atoms. The van der Waals surface area contributed by atoms with Gasteiger partial charge in [-0.2, -0.15) is 8.42 Å². The van der Waals surface area contributed by atoms with E-state index < -0.39 is 10.4 Å². The maximum absolute atomic E-state index is 8.74. The topological polar surface area (TPSA) is 128 Å². The first kappa shape index (κ1) is 19.8. The Morgan fingerprint density at radius 2 is 1.56 bits per heavy atom. The van der Waals surface area contributed by atoms with Crippen LogP contribution in [0.25, 0.3) is 0 Å². The van der Waals surface area contributed by atoms with Crippen molar-refractivity contribution in [2.45, 2.75) is 0 Å². The van der Waals surface area contributed by atoms with Crippen molar-refractivity contribution in [2.75, 3.05) is 46.1 Å². The third kappa shape index (κ3) is 24.6. The molecule has 18 heavy (non-hydrogen) atoms. The summed E-state index contributed by atoms with van der Waals surface area (Å²) in [6.45, 7) is 6.80. The summed E-state index contributed by atoms with van der Waals surface area (Å²) in [4.78, 5) is 1.95. The van der Waals surface area contributed by atoms with Crippen molar-refractivity contribution >= 4 is 10.4 Å². The van der Waals surface area contributed by atoms with Gasteiger partial charge in [0.05, 0.1) is 26.4 Å². The summed E-state index contributed by atoms with van der Waals surface area (Å²) in [5, 5.41) is 17.4. The zero-order chi connectivity index (χ0) is 14.4. The molecule has 0 radical (unpaired) electrons. The second kappa shape index (κ2) is 12.9. The van der Waals surface area contributed by atoms with Gasteiger partial charge < -0.3 is 14.9 Å². The number of nitrogens with zero attached hydrogens (tertiary/aromatic N) is 1. The molecular formula is C9H21NO7S. The molecule has 0 aliphatic heterocycles. The van der Waals surface area contributed by atoms with E-state index in [1.54, 1.807) is 6.08 Å². The van der Waals surface area contributed by atoms with E-state index >= 15 is 0 Å². The fraction of sp³-hybridized carbons (Fsp3) is 0.778. The van der Waals surface area contributed by atoms with Gasteiger partial charge in [0.1, 0.15) is 0 Å². The highest BCUT2D eigenvalue weighted by Crippen LogP contribution is 1.87. The smallest absolute Gasteiger partial charge is 0.394 e. The largest absolute Gasteiger partial charge is 0.395 e. The van der Waals surface area contributed by atoms with Crippen LogP contribution in [0, 0.1) is 0 Å². The van der Waals surface area contributed by atoms with Gasteiger partial charge in [-0.1, -0.05) is 6.08 Å². The lowest BCUT2D eigenvalue weighted by Crippen LogP contribution is -2.32. The van der Waals surface area contributed by atoms with Crippen LogP contribution in [0.4, 0.5) is 0 Å². The normalized spacial score (nSPS) is 10.9. The highest BCUT2D eigenvalue weighted by Gasteiger charge is 2.01. The van der Waals surface area contributed by atoms with Gasteiger partial charge in [0.15, 0.2) is 0 Å². The van der Waals surface area contributed by atoms with Crippen LogP contribution in [0.1, 0.15) is 0 Å². The van der Waals surface area contributed by atoms with Gasteiger partial charge in [0.2, 0.25) is 0 Å². The van der Waals surface area contributed by atoms with E-state index in [2.05, 4.69) is 6.58 Å². The third-order valence-electron chi connectivity index (χ3n) is 1.62. The fourth-order valence-corrected chi connectivity index (χ4v) is 0.979. The Balaban J connectivity index is 0. The van der Waals surface area contributed by atoms with Crippen LogP contribution in [0.2, 0.25) is 0 Å². The molecule has 0 amide bonds. The molecule has 0 fully saturated rings. The lowest BCUT2D eigenvalue weighted by molar-refractivity contribution is 0.101. The fourth-order valence-electron chi connectivity index (χ4n) is 0.979. The van der Waals surface area contributed by atoms with Gasteiger partial charge in [0.25, 0.3) is 0 Å². The van der Waals surface area contributed by atoms with Crippen LogP contribution in [0.15, 0.2) is 12.7 Å². The SMILES string of the molecule is C=CCOCCN(CCO)CCO.O=S(=O)(O)O. The minimum atomic E-state index is -4.67. The van der Waals surface area contributed by atoms with Crippen LogP contribution in [-0.4, -0.2) is 78.7 Å². The van der Waals surface area contributed by atoms with Crippen molar-refractivity contribution in [1.82, 2.24) is 4.90 Å². The van der Waals surface area contributed by atoms with E-state index in [4.69, 9.17) is 32.5 Å². The molecule has 0 aromatic heterocycles. The Labute approximate surface area is 107 Å². The predicted molar refractivity (Wildman–Crippen MR) is 65.8 cm³/mol. The average Bonchev–Trinajstić information content (AvgIpc) is 2.22. The summed E-state index contributed by atoms with van der Waals surface area (Å²) in [7, 11) is -4.67. The summed E-state index contributed by atoms with van der Waals surface area (Å²) >= 11 is 0. The van der Waals surface area contributed by atoms with Crippen molar-refractivity contribution in [3.8, 4) is 0 Å². The van der Waals surface area contributed by atoms with Crippen LogP contribution >= 0.6 is 0 Å². The molecule has 0 spiro atoms. The summed E-state index contributed by atoms with van der Waals surface area (Å²) in [5.74, 6) is 0. The molecular weight excluding hydrogens is 266 g/mol. The highest BCUT2D eigenvalue weighted by molar-refractivity contribution is 7.79. The molecule has 0 heterocycles. The first-order chi connectivity index (χ1) is 8.35. The minimum Gasteiger partial charge on any atom is -0.395 e. The number of hydrogen-bond donors (Lipinski definition) is 4. The van der Waals surface area contributed by atoms with Crippen LogP contribution < -0.4 is 0 Å². The molecule has 0 aliphatic rings. The molecule has 9 heteroatoms. The molecule has 0 atom stereocenters. The molecule has 0 rings (SSSR count).